The van der Waals surface area contributed by atoms with Crippen molar-refractivity contribution in [2.75, 3.05) is 13.2 Å². The number of carbonyl (C=O) groups is 1. The molecule has 1 amide bonds. The third-order valence-corrected chi connectivity index (χ3v) is 6.66. The topological polar surface area (TPSA) is 29.5 Å². The molecule has 0 bridgehead atoms. The summed E-state index contributed by atoms with van der Waals surface area (Å²) in [6, 6.07) is 18.1. The number of ether oxygens (including phenoxy) is 1. The number of amides is 1. The predicted molar refractivity (Wildman–Crippen MR) is 135 cm³/mol. The minimum Gasteiger partial charge on any atom is -0.494 e. The molecule has 0 atom stereocenters. The van der Waals surface area contributed by atoms with Crippen LogP contribution in [0.2, 0.25) is 0 Å². The van der Waals surface area contributed by atoms with Crippen LogP contribution in [0.4, 0.5) is 0 Å². The molecule has 1 aliphatic rings. The second-order valence-corrected chi connectivity index (χ2v) is 9.43. The minimum absolute atomic E-state index is 0.00525. The zero-order valence-corrected chi connectivity index (χ0v) is 19.9. The Morgan fingerprint density at radius 3 is 2.42 bits per heavy atom. The normalized spacial score (nSPS) is 15.1. The summed E-state index contributed by atoms with van der Waals surface area (Å²) in [7, 11) is 0. The summed E-state index contributed by atoms with van der Waals surface area (Å²) in [4.78, 5) is 15.2. The summed E-state index contributed by atoms with van der Waals surface area (Å²) in [5.41, 5.74) is 2.19. The maximum atomic E-state index is 12.8. The summed E-state index contributed by atoms with van der Waals surface area (Å²) in [5.74, 6) is 0.871. The van der Waals surface area contributed by atoms with E-state index in [1.165, 1.54) is 49.4 Å². The number of thioether (sulfide) groups is 1. The van der Waals surface area contributed by atoms with E-state index in [1.807, 2.05) is 48.5 Å². The van der Waals surface area contributed by atoms with E-state index in [1.54, 1.807) is 4.90 Å². The van der Waals surface area contributed by atoms with Crippen molar-refractivity contribution in [1.82, 2.24) is 4.90 Å². The molecule has 1 fully saturated rings. The molecule has 3 rings (SSSR count). The zero-order chi connectivity index (χ0) is 21.9. The van der Waals surface area contributed by atoms with Crippen molar-refractivity contribution in [2.45, 2.75) is 51.9 Å². The molecule has 1 saturated heterocycles. The lowest BCUT2D eigenvalue weighted by atomic mass is 10.1. The molecule has 0 unspecified atom stereocenters. The van der Waals surface area contributed by atoms with Crippen LogP contribution in [-0.2, 0) is 11.2 Å². The van der Waals surface area contributed by atoms with Crippen molar-refractivity contribution in [3.05, 3.63) is 70.6 Å². The Hall–Kier alpha value is -2.11. The Balaban J connectivity index is 1.47. The van der Waals surface area contributed by atoms with E-state index in [0.29, 0.717) is 15.8 Å². The first kappa shape index (κ1) is 23.6. The van der Waals surface area contributed by atoms with Gasteiger partial charge in [0.25, 0.3) is 5.91 Å². The van der Waals surface area contributed by atoms with Gasteiger partial charge in [0.15, 0.2) is 0 Å². The smallest absolute Gasteiger partial charge is 0.266 e. The van der Waals surface area contributed by atoms with Gasteiger partial charge < -0.3 is 4.74 Å². The number of nitrogens with zero attached hydrogens (tertiary/aromatic N) is 1. The molecule has 1 heterocycles. The average molecular weight is 454 g/mol. The molecule has 0 radical (unpaired) electrons. The van der Waals surface area contributed by atoms with Crippen LogP contribution in [0.15, 0.2) is 59.5 Å². The lowest BCUT2D eigenvalue weighted by molar-refractivity contribution is -0.122. The highest BCUT2D eigenvalue weighted by atomic mass is 32.2. The van der Waals surface area contributed by atoms with E-state index in [2.05, 4.69) is 19.1 Å². The number of benzene rings is 2. The Labute approximate surface area is 195 Å². The quantitative estimate of drug-likeness (QED) is 0.199. The Kier molecular flexibility index (Phi) is 9.63. The van der Waals surface area contributed by atoms with Gasteiger partial charge in [0.05, 0.1) is 11.5 Å². The van der Waals surface area contributed by atoms with Crippen LogP contribution in [0.25, 0.3) is 6.08 Å². The van der Waals surface area contributed by atoms with E-state index >= 15 is 0 Å². The van der Waals surface area contributed by atoms with Gasteiger partial charge in [-0.1, -0.05) is 105 Å². The fourth-order valence-corrected chi connectivity index (χ4v) is 4.77. The first-order valence-electron chi connectivity index (χ1n) is 11.2. The highest BCUT2D eigenvalue weighted by Crippen LogP contribution is 2.32. The minimum atomic E-state index is -0.00525. The molecule has 3 nitrogen and oxygen atoms in total. The number of carbonyl (C=O) groups excluding carboxylic acids is 1. The molecule has 1 aliphatic heterocycles. The van der Waals surface area contributed by atoms with E-state index in [9.17, 15) is 4.79 Å². The molecular formula is C26H31NO2S2. The second-order valence-electron chi connectivity index (χ2n) is 7.75. The van der Waals surface area contributed by atoms with Crippen LogP contribution >= 0.6 is 24.0 Å². The van der Waals surface area contributed by atoms with Gasteiger partial charge in [0, 0.05) is 6.54 Å². The van der Waals surface area contributed by atoms with E-state index < -0.39 is 0 Å². The molecule has 0 aliphatic carbocycles. The number of unbranched alkanes of at least 4 members (excludes halogenated alkanes) is 5. The maximum absolute atomic E-state index is 12.8. The van der Waals surface area contributed by atoms with Crippen molar-refractivity contribution in [1.29, 1.82) is 0 Å². The van der Waals surface area contributed by atoms with Crippen LogP contribution in [0.3, 0.4) is 0 Å². The van der Waals surface area contributed by atoms with Crippen molar-refractivity contribution in [2.24, 2.45) is 0 Å². The summed E-state index contributed by atoms with van der Waals surface area (Å²) in [6.07, 6.45) is 10.3. The van der Waals surface area contributed by atoms with Gasteiger partial charge in [-0.15, -0.1) is 0 Å². The Morgan fingerprint density at radius 2 is 1.68 bits per heavy atom. The molecule has 0 saturated carbocycles. The summed E-state index contributed by atoms with van der Waals surface area (Å²) in [6.45, 7) is 3.60. The lowest BCUT2D eigenvalue weighted by Gasteiger charge is -2.14. The molecule has 31 heavy (non-hydrogen) atoms. The predicted octanol–water partition coefficient (Wildman–Crippen LogP) is 6.87. The third-order valence-electron chi connectivity index (χ3n) is 5.28. The number of hydrogen-bond donors (Lipinski definition) is 0. The van der Waals surface area contributed by atoms with Gasteiger partial charge in [-0.25, -0.2) is 0 Å². The molecule has 164 valence electrons. The molecule has 0 aromatic heterocycles. The van der Waals surface area contributed by atoms with E-state index in [4.69, 9.17) is 17.0 Å². The summed E-state index contributed by atoms with van der Waals surface area (Å²) < 4.78 is 6.48. The number of thiocarbonyl (C=S) groups is 1. The van der Waals surface area contributed by atoms with Gasteiger partial charge in [0.1, 0.15) is 10.1 Å². The largest absolute Gasteiger partial charge is 0.494 e. The van der Waals surface area contributed by atoms with Crippen LogP contribution in [0.5, 0.6) is 5.75 Å². The maximum Gasteiger partial charge on any atom is 0.266 e. The van der Waals surface area contributed by atoms with Crippen LogP contribution in [0.1, 0.15) is 56.6 Å². The first-order valence-corrected chi connectivity index (χ1v) is 12.4. The number of rotatable bonds is 12. The average Bonchev–Trinajstić information content (AvgIpc) is 3.05. The van der Waals surface area contributed by atoms with Gasteiger partial charge in [-0.05, 0) is 42.2 Å². The molecule has 0 N–H and O–H groups in total. The molecule has 2 aromatic carbocycles. The van der Waals surface area contributed by atoms with Gasteiger partial charge >= 0.3 is 0 Å². The highest BCUT2D eigenvalue weighted by molar-refractivity contribution is 8.26. The monoisotopic (exact) mass is 453 g/mol. The Bertz CT molecular complexity index is 878. The summed E-state index contributed by atoms with van der Waals surface area (Å²) >= 11 is 6.83. The molecular weight excluding hydrogens is 422 g/mol. The van der Waals surface area contributed by atoms with E-state index in [-0.39, 0.29) is 5.91 Å². The lowest BCUT2D eigenvalue weighted by Crippen LogP contribution is -2.30. The van der Waals surface area contributed by atoms with Crippen molar-refractivity contribution < 1.29 is 9.53 Å². The molecule has 0 spiro atoms. The summed E-state index contributed by atoms with van der Waals surface area (Å²) in [5, 5.41) is 0. The highest BCUT2D eigenvalue weighted by Gasteiger charge is 2.31. The third kappa shape index (κ3) is 7.51. The zero-order valence-electron chi connectivity index (χ0n) is 18.2. The molecule has 5 heteroatoms. The molecule has 2 aromatic rings. The fourth-order valence-electron chi connectivity index (χ4n) is 3.46. The SMILES string of the molecule is CCCCCCCCOc1ccc(C=C2SC(=S)N(CCc3ccccc3)C2=O)cc1. The van der Waals surface area contributed by atoms with Crippen molar-refractivity contribution in [3.8, 4) is 5.75 Å². The second kappa shape index (κ2) is 12.7. The van der Waals surface area contributed by atoms with Gasteiger partial charge in [-0.3, -0.25) is 9.69 Å². The number of hydrogen-bond acceptors (Lipinski definition) is 4. The van der Waals surface area contributed by atoms with Crippen molar-refractivity contribution in [3.63, 3.8) is 0 Å². The van der Waals surface area contributed by atoms with Gasteiger partial charge in [0.2, 0.25) is 0 Å². The van der Waals surface area contributed by atoms with Crippen LogP contribution in [-0.4, -0.2) is 28.3 Å². The fraction of sp³-hybridized carbons (Fsp3) is 0.385. The van der Waals surface area contributed by atoms with Crippen LogP contribution in [0, 0.1) is 0 Å². The van der Waals surface area contributed by atoms with Gasteiger partial charge in [-0.2, -0.15) is 0 Å². The standard InChI is InChI=1S/C26H31NO2S2/c1-2-3-4-5-6-10-19-29-23-15-13-22(14-16-23)20-24-25(28)27(26(30)31-24)18-17-21-11-8-7-9-12-21/h7-9,11-16,20H,2-6,10,17-19H2,1H3. The van der Waals surface area contributed by atoms with Crippen LogP contribution < -0.4 is 4.74 Å². The van der Waals surface area contributed by atoms with Crippen molar-refractivity contribution >= 4 is 40.3 Å². The van der Waals surface area contributed by atoms with E-state index in [0.717, 1.165) is 30.8 Å². The Morgan fingerprint density at radius 1 is 0.968 bits per heavy atom. The first-order chi connectivity index (χ1) is 15.2.